The molecule has 0 radical (unpaired) electrons. The van der Waals surface area contributed by atoms with Crippen molar-refractivity contribution in [1.29, 1.82) is 0 Å². The highest BCUT2D eigenvalue weighted by molar-refractivity contribution is 6.02. The van der Waals surface area contributed by atoms with E-state index in [2.05, 4.69) is 73.9 Å². The summed E-state index contributed by atoms with van der Waals surface area (Å²) < 4.78 is 7.29. The number of hydrazone groups is 1. The summed E-state index contributed by atoms with van der Waals surface area (Å²) in [6.45, 7) is 6.40. The van der Waals surface area contributed by atoms with Crippen LogP contribution < -0.4 is 10.2 Å². The smallest absolute Gasteiger partial charge is 0.118 e. The number of ether oxygens (including phenoxy) is 1. The zero-order valence-electron chi connectivity index (χ0n) is 16.8. The number of rotatable bonds is 5. The third kappa shape index (κ3) is 3.52. The average molecular weight is 374 g/mol. The van der Waals surface area contributed by atoms with Crippen molar-refractivity contribution in [1.82, 2.24) is 15.2 Å². The molecule has 1 aliphatic rings. The standard InChI is InChI=1S/C23H26N4O/c1-15(2)27-14-20(23(26-27)18-7-5-16(3)6-8-18)22-13-21(24-25-22)17-9-11-19(28-4)12-10-17/h5-12,14-15,22,25H,13H2,1-4H3. The Morgan fingerprint density at radius 3 is 2.36 bits per heavy atom. The number of hydrogen-bond acceptors (Lipinski definition) is 4. The van der Waals surface area contributed by atoms with Gasteiger partial charge < -0.3 is 10.2 Å². The lowest BCUT2D eigenvalue weighted by molar-refractivity contribution is 0.415. The van der Waals surface area contributed by atoms with E-state index in [1.54, 1.807) is 7.11 Å². The van der Waals surface area contributed by atoms with E-state index in [0.717, 1.165) is 34.7 Å². The van der Waals surface area contributed by atoms with Crippen molar-refractivity contribution in [3.63, 3.8) is 0 Å². The van der Waals surface area contributed by atoms with Crippen LogP contribution in [0.15, 0.2) is 59.8 Å². The summed E-state index contributed by atoms with van der Waals surface area (Å²) in [7, 11) is 1.68. The Bertz CT molecular complexity index is 984. The average Bonchev–Trinajstić information content (AvgIpc) is 3.36. The van der Waals surface area contributed by atoms with Gasteiger partial charge in [0.1, 0.15) is 5.75 Å². The molecule has 3 aromatic rings. The maximum Gasteiger partial charge on any atom is 0.118 e. The maximum atomic E-state index is 5.25. The van der Waals surface area contributed by atoms with E-state index in [1.807, 2.05) is 16.8 Å². The molecule has 2 aromatic carbocycles. The number of hydrogen-bond donors (Lipinski definition) is 1. The van der Waals surface area contributed by atoms with Crippen LogP contribution in [0, 0.1) is 6.92 Å². The lowest BCUT2D eigenvalue weighted by Gasteiger charge is -2.10. The van der Waals surface area contributed by atoms with Crippen LogP contribution in [-0.2, 0) is 0 Å². The molecule has 0 saturated carbocycles. The molecule has 1 N–H and O–H groups in total. The fraction of sp³-hybridized carbons (Fsp3) is 0.304. The lowest BCUT2D eigenvalue weighted by atomic mass is 9.97. The van der Waals surface area contributed by atoms with Crippen LogP contribution in [0.1, 0.15) is 49.0 Å². The first kappa shape index (κ1) is 18.3. The van der Waals surface area contributed by atoms with Crippen molar-refractivity contribution >= 4 is 5.71 Å². The second-order valence-electron chi connectivity index (χ2n) is 7.55. The summed E-state index contributed by atoms with van der Waals surface area (Å²) in [6, 6.07) is 17.0. The van der Waals surface area contributed by atoms with Crippen LogP contribution in [0.4, 0.5) is 0 Å². The Hall–Kier alpha value is -3.08. The predicted octanol–water partition coefficient (Wildman–Crippen LogP) is 4.89. The Kier molecular flexibility index (Phi) is 4.90. The van der Waals surface area contributed by atoms with Crippen LogP contribution in [0.3, 0.4) is 0 Å². The Labute approximate surface area is 166 Å². The molecule has 5 nitrogen and oxygen atoms in total. The van der Waals surface area contributed by atoms with Gasteiger partial charge in [-0.3, -0.25) is 4.68 Å². The van der Waals surface area contributed by atoms with Crippen molar-refractivity contribution in [2.45, 2.75) is 39.3 Å². The van der Waals surface area contributed by atoms with Gasteiger partial charge in [0.05, 0.1) is 24.6 Å². The molecule has 0 amide bonds. The van der Waals surface area contributed by atoms with Gasteiger partial charge in [-0.15, -0.1) is 0 Å². The molecule has 1 aliphatic heterocycles. The molecule has 0 saturated heterocycles. The van der Waals surface area contributed by atoms with Crippen molar-refractivity contribution in [3.05, 3.63) is 71.4 Å². The summed E-state index contributed by atoms with van der Waals surface area (Å²) >= 11 is 0. The summed E-state index contributed by atoms with van der Waals surface area (Å²) in [4.78, 5) is 0. The van der Waals surface area contributed by atoms with E-state index >= 15 is 0 Å². The summed E-state index contributed by atoms with van der Waals surface area (Å²) in [6.07, 6.45) is 2.99. The van der Waals surface area contributed by atoms with Gasteiger partial charge >= 0.3 is 0 Å². The number of benzene rings is 2. The lowest BCUT2D eigenvalue weighted by Crippen LogP contribution is -2.10. The van der Waals surface area contributed by atoms with E-state index in [0.29, 0.717) is 6.04 Å². The molecule has 5 heteroatoms. The Morgan fingerprint density at radius 1 is 1.04 bits per heavy atom. The SMILES string of the molecule is COc1ccc(C2=NNC(c3cn(C(C)C)nc3-c3ccc(C)cc3)C2)cc1. The minimum atomic E-state index is 0.112. The normalized spacial score (nSPS) is 16.2. The van der Waals surface area contributed by atoms with Gasteiger partial charge in [0.25, 0.3) is 0 Å². The summed E-state index contributed by atoms with van der Waals surface area (Å²) in [5.74, 6) is 0.853. The molecular formula is C23H26N4O. The zero-order valence-corrected chi connectivity index (χ0v) is 16.8. The van der Waals surface area contributed by atoms with Gasteiger partial charge in [0, 0.05) is 29.8 Å². The van der Waals surface area contributed by atoms with Gasteiger partial charge in [0.2, 0.25) is 0 Å². The van der Waals surface area contributed by atoms with E-state index in [-0.39, 0.29) is 6.04 Å². The topological polar surface area (TPSA) is 51.4 Å². The molecule has 4 rings (SSSR count). The zero-order chi connectivity index (χ0) is 19.7. The first-order valence-electron chi connectivity index (χ1n) is 9.67. The molecule has 28 heavy (non-hydrogen) atoms. The molecule has 1 aromatic heterocycles. The monoisotopic (exact) mass is 374 g/mol. The molecule has 0 bridgehead atoms. The molecular weight excluding hydrogens is 348 g/mol. The third-order valence-corrected chi connectivity index (χ3v) is 5.17. The van der Waals surface area contributed by atoms with E-state index in [9.17, 15) is 0 Å². The first-order chi connectivity index (χ1) is 13.5. The van der Waals surface area contributed by atoms with E-state index in [1.165, 1.54) is 11.1 Å². The molecule has 0 fully saturated rings. The second-order valence-corrected chi connectivity index (χ2v) is 7.55. The molecule has 144 valence electrons. The van der Waals surface area contributed by atoms with Crippen molar-refractivity contribution in [2.75, 3.05) is 7.11 Å². The van der Waals surface area contributed by atoms with Gasteiger partial charge in [-0.25, -0.2) is 0 Å². The van der Waals surface area contributed by atoms with Crippen LogP contribution in [0.25, 0.3) is 11.3 Å². The fourth-order valence-corrected chi connectivity index (χ4v) is 3.45. The number of nitrogens with zero attached hydrogens (tertiary/aromatic N) is 3. The maximum absolute atomic E-state index is 5.25. The second kappa shape index (κ2) is 7.50. The molecule has 0 spiro atoms. The molecule has 1 unspecified atom stereocenters. The van der Waals surface area contributed by atoms with Crippen LogP contribution in [0.2, 0.25) is 0 Å². The van der Waals surface area contributed by atoms with E-state index in [4.69, 9.17) is 9.84 Å². The van der Waals surface area contributed by atoms with Crippen LogP contribution in [-0.4, -0.2) is 22.6 Å². The molecule has 0 aliphatic carbocycles. The van der Waals surface area contributed by atoms with Crippen molar-refractivity contribution in [3.8, 4) is 17.0 Å². The predicted molar refractivity (Wildman–Crippen MR) is 113 cm³/mol. The highest BCUT2D eigenvalue weighted by atomic mass is 16.5. The highest BCUT2D eigenvalue weighted by Crippen LogP contribution is 2.33. The quantitative estimate of drug-likeness (QED) is 0.692. The fourth-order valence-electron chi connectivity index (χ4n) is 3.45. The number of nitrogens with one attached hydrogen (secondary N) is 1. The van der Waals surface area contributed by atoms with Crippen LogP contribution in [0.5, 0.6) is 5.75 Å². The van der Waals surface area contributed by atoms with Crippen molar-refractivity contribution < 1.29 is 4.74 Å². The van der Waals surface area contributed by atoms with Gasteiger partial charge in [-0.2, -0.15) is 10.2 Å². The molecule has 2 heterocycles. The van der Waals surface area contributed by atoms with Gasteiger partial charge in [-0.1, -0.05) is 29.8 Å². The minimum Gasteiger partial charge on any atom is -0.497 e. The number of methoxy groups -OCH3 is 1. The number of aryl methyl sites for hydroxylation is 1. The highest BCUT2D eigenvalue weighted by Gasteiger charge is 2.26. The van der Waals surface area contributed by atoms with E-state index < -0.39 is 0 Å². The first-order valence-corrected chi connectivity index (χ1v) is 9.67. The summed E-state index contributed by atoms with van der Waals surface area (Å²) in [5.41, 5.74) is 10.1. The van der Waals surface area contributed by atoms with Gasteiger partial charge in [-0.05, 0) is 50.6 Å². The molecule has 1 atom stereocenters. The third-order valence-electron chi connectivity index (χ3n) is 5.17. The summed E-state index contributed by atoms with van der Waals surface area (Å²) in [5, 5.41) is 9.49. The van der Waals surface area contributed by atoms with Gasteiger partial charge in [0.15, 0.2) is 0 Å². The van der Waals surface area contributed by atoms with Crippen LogP contribution >= 0.6 is 0 Å². The largest absolute Gasteiger partial charge is 0.497 e. The minimum absolute atomic E-state index is 0.112. The Balaban J connectivity index is 1.63. The number of aromatic nitrogens is 2. The Morgan fingerprint density at radius 2 is 1.71 bits per heavy atom. The van der Waals surface area contributed by atoms with Crippen molar-refractivity contribution in [2.24, 2.45) is 5.10 Å².